The molecule has 4 nitrogen and oxygen atoms in total. The van der Waals surface area contributed by atoms with Crippen LogP contribution in [0.4, 0.5) is 0 Å². The number of rotatable bonds is 4. The summed E-state index contributed by atoms with van der Waals surface area (Å²) in [6.45, 7) is 8.28. The Balaban J connectivity index is 1.93. The molecule has 3 N–H and O–H groups in total. The lowest BCUT2D eigenvalue weighted by molar-refractivity contribution is -0.127. The largest absolute Gasteiger partial charge is 0.351 e. The van der Waals surface area contributed by atoms with Crippen molar-refractivity contribution in [2.24, 2.45) is 5.73 Å². The summed E-state index contributed by atoms with van der Waals surface area (Å²) < 4.78 is 0. The van der Waals surface area contributed by atoms with Crippen molar-refractivity contribution in [3.8, 4) is 0 Å². The summed E-state index contributed by atoms with van der Waals surface area (Å²) in [6, 6.07) is 10.4. The van der Waals surface area contributed by atoms with E-state index in [9.17, 15) is 4.79 Å². The number of piperidine rings is 1. The summed E-state index contributed by atoms with van der Waals surface area (Å²) >= 11 is 0. The molecule has 116 valence electrons. The molecule has 0 bridgehead atoms. The number of hydrogen-bond acceptors (Lipinski definition) is 3. The van der Waals surface area contributed by atoms with Crippen LogP contribution in [0.3, 0.4) is 0 Å². The molecule has 2 rings (SSSR count). The molecule has 1 unspecified atom stereocenters. The number of nitrogens with one attached hydrogen (secondary N) is 1. The third kappa shape index (κ3) is 3.83. The van der Waals surface area contributed by atoms with Crippen LogP contribution in [0.2, 0.25) is 0 Å². The van der Waals surface area contributed by atoms with Gasteiger partial charge in [0.15, 0.2) is 0 Å². The van der Waals surface area contributed by atoms with Gasteiger partial charge in [0.2, 0.25) is 5.91 Å². The molecular weight excluding hydrogens is 262 g/mol. The first kappa shape index (κ1) is 16.0. The number of hydrogen-bond donors (Lipinski definition) is 2. The van der Waals surface area contributed by atoms with E-state index in [0.29, 0.717) is 6.04 Å². The summed E-state index contributed by atoms with van der Waals surface area (Å²) in [4.78, 5) is 14.9. The first-order valence-electron chi connectivity index (χ1n) is 7.80. The molecule has 1 heterocycles. The maximum Gasteiger partial charge on any atom is 0.244 e. The van der Waals surface area contributed by atoms with Crippen LogP contribution >= 0.6 is 0 Å². The standard InChI is InChI=1S/C17H27N3O/c1-13(2)20-11-9-15(10-12-20)19-16(21)17(3,18)14-7-5-4-6-8-14/h4-8,13,15H,9-12,18H2,1-3H3,(H,19,21). The van der Waals surface area contributed by atoms with Gasteiger partial charge in [-0.1, -0.05) is 30.3 Å². The summed E-state index contributed by atoms with van der Waals surface area (Å²) in [5.74, 6) is -0.0864. The summed E-state index contributed by atoms with van der Waals surface area (Å²) in [5.41, 5.74) is 6.13. The number of benzene rings is 1. The SMILES string of the molecule is CC(C)N1CCC(NC(=O)C(C)(N)c2ccccc2)CC1. The van der Waals surface area contributed by atoms with Gasteiger partial charge in [-0.05, 0) is 39.2 Å². The van der Waals surface area contributed by atoms with Crippen molar-refractivity contribution in [2.75, 3.05) is 13.1 Å². The van der Waals surface area contributed by atoms with Crippen LogP contribution in [0.25, 0.3) is 0 Å². The van der Waals surface area contributed by atoms with Gasteiger partial charge in [-0.25, -0.2) is 0 Å². The number of carbonyl (C=O) groups excluding carboxylic acids is 1. The monoisotopic (exact) mass is 289 g/mol. The van der Waals surface area contributed by atoms with Crippen molar-refractivity contribution in [1.29, 1.82) is 0 Å². The molecule has 4 heteroatoms. The number of likely N-dealkylation sites (tertiary alicyclic amines) is 1. The Morgan fingerprint density at radius 3 is 2.38 bits per heavy atom. The molecule has 1 aromatic rings. The highest BCUT2D eigenvalue weighted by Gasteiger charge is 2.32. The van der Waals surface area contributed by atoms with Crippen LogP contribution in [-0.4, -0.2) is 36.0 Å². The second-order valence-electron chi connectivity index (χ2n) is 6.45. The number of amides is 1. The second kappa shape index (κ2) is 6.58. The van der Waals surface area contributed by atoms with Crippen molar-refractivity contribution in [1.82, 2.24) is 10.2 Å². The Labute approximate surface area is 127 Å². The van der Waals surface area contributed by atoms with Crippen molar-refractivity contribution in [3.63, 3.8) is 0 Å². The quantitative estimate of drug-likeness (QED) is 0.889. The molecule has 0 radical (unpaired) electrons. The van der Waals surface area contributed by atoms with Crippen LogP contribution in [-0.2, 0) is 10.3 Å². The summed E-state index contributed by atoms with van der Waals surface area (Å²) in [7, 11) is 0. The van der Waals surface area contributed by atoms with Gasteiger partial charge in [0.05, 0.1) is 0 Å². The molecule has 1 fully saturated rings. The highest BCUT2D eigenvalue weighted by Crippen LogP contribution is 2.19. The maximum atomic E-state index is 12.5. The third-order valence-electron chi connectivity index (χ3n) is 4.44. The van der Waals surface area contributed by atoms with Crippen molar-refractivity contribution < 1.29 is 4.79 Å². The highest BCUT2D eigenvalue weighted by atomic mass is 16.2. The van der Waals surface area contributed by atoms with Gasteiger partial charge in [0.25, 0.3) is 0 Å². The number of nitrogens with two attached hydrogens (primary N) is 1. The van der Waals surface area contributed by atoms with Crippen LogP contribution in [0.1, 0.15) is 39.2 Å². The van der Waals surface area contributed by atoms with E-state index in [1.54, 1.807) is 6.92 Å². The van der Waals surface area contributed by atoms with Crippen molar-refractivity contribution in [3.05, 3.63) is 35.9 Å². The zero-order chi connectivity index (χ0) is 15.5. The summed E-state index contributed by atoms with van der Waals surface area (Å²) in [5, 5.41) is 3.13. The predicted molar refractivity (Wildman–Crippen MR) is 85.9 cm³/mol. The molecule has 0 aromatic heterocycles. The van der Waals surface area contributed by atoms with Gasteiger partial charge in [-0.2, -0.15) is 0 Å². The van der Waals surface area contributed by atoms with E-state index in [0.717, 1.165) is 31.5 Å². The molecule has 21 heavy (non-hydrogen) atoms. The van der Waals surface area contributed by atoms with E-state index >= 15 is 0 Å². The molecule has 1 saturated heterocycles. The van der Waals surface area contributed by atoms with Crippen molar-refractivity contribution in [2.45, 2.75) is 51.2 Å². The Bertz CT molecular complexity index is 462. The van der Waals surface area contributed by atoms with Crippen LogP contribution < -0.4 is 11.1 Å². The highest BCUT2D eigenvalue weighted by molar-refractivity contribution is 5.87. The lowest BCUT2D eigenvalue weighted by atomic mass is 9.91. The molecule has 0 saturated carbocycles. The van der Waals surface area contributed by atoms with Crippen LogP contribution in [0.5, 0.6) is 0 Å². The molecular formula is C17H27N3O. The van der Waals surface area contributed by atoms with Gasteiger partial charge in [-0.15, -0.1) is 0 Å². The molecule has 1 amide bonds. The minimum Gasteiger partial charge on any atom is -0.351 e. The Kier molecular flexibility index (Phi) is 5.01. The molecule has 1 aliphatic rings. The summed E-state index contributed by atoms with van der Waals surface area (Å²) in [6.07, 6.45) is 1.99. The fraction of sp³-hybridized carbons (Fsp3) is 0.588. The van der Waals surface area contributed by atoms with Gasteiger partial charge in [0, 0.05) is 25.2 Å². The topological polar surface area (TPSA) is 58.4 Å². The minimum absolute atomic E-state index is 0.0864. The number of nitrogens with zero attached hydrogens (tertiary/aromatic N) is 1. The Morgan fingerprint density at radius 1 is 1.29 bits per heavy atom. The zero-order valence-corrected chi connectivity index (χ0v) is 13.3. The Hall–Kier alpha value is -1.39. The fourth-order valence-corrected chi connectivity index (χ4v) is 2.81. The van der Waals surface area contributed by atoms with Crippen LogP contribution in [0.15, 0.2) is 30.3 Å². The van der Waals surface area contributed by atoms with Gasteiger partial charge < -0.3 is 16.0 Å². The zero-order valence-electron chi connectivity index (χ0n) is 13.3. The van der Waals surface area contributed by atoms with E-state index in [-0.39, 0.29) is 11.9 Å². The smallest absolute Gasteiger partial charge is 0.244 e. The van der Waals surface area contributed by atoms with E-state index in [2.05, 4.69) is 24.1 Å². The lowest BCUT2D eigenvalue weighted by Gasteiger charge is -2.36. The normalized spacial score (nSPS) is 20.2. The molecule has 1 aliphatic heterocycles. The molecule has 1 atom stereocenters. The van der Waals surface area contributed by atoms with Crippen LogP contribution in [0, 0.1) is 0 Å². The number of carbonyl (C=O) groups is 1. The van der Waals surface area contributed by atoms with E-state index < -0.39 is 5.54 Å². The maximum absolute atomic E-state index is 12.5. The average molecular weight is 289 g/mol. The predicted octanol–water partition coefficient (Wildman–Crippen LogP) is 1.85. The lowest BCUT2D eigenvalue weighted by Crippen LogP contribution is -2.54. The molecule has 0 aliphatic carbocycles. The minimum atomic E-state index is -0.976. The first-order chi connectivity index (χ1) is 9.91. The fourth-order valence-electron chi connectivity index (χ4n) is 2.81. The Morgan fingerprint density at radius 2 is 1.86 bits per heavy atom. The molecule has 0 spiro atoms. The second-order valence-corrected chi connectivity index (χ2v) is 6.45. The van der Waals surface area contributed by atoms with Gasteiger partial charge in [0.1, 0.15) is 5.54 Å². The van der Waals surface area contributed by atoms with Crippen molar-refractivity contribution >= 4 is 5.91 Å². The van der Waals surface area contributed by atoms with E-state index in [4.69, 9.17) is 5.73 Å². The molecule has 1 aromatic carbocycles. The first-order valence-corrected chi connectivity index (χ1v) is 7.80. The average Bonchev–Trinajstić information content (AvgIpc) is 2.48. The van der Waals surface area contributed by atoms with E-state index in [1.165, 1.54) is 0 Å². The van der Waals surface area contributed by atoms with Gasteiger partial charge >= 0.3 is 0 Å². The van der Waals surface area contributed by atoms with E-state index in [1.807, 2.05) is 30.3 Å². The third-order valence-corrected chi connectivity index (χ3v) is 4.44. The van der Waals surface area contributed by atoms with Gasteiger partial charge in [-0.3, -0.25) is 4.79 Å².